The van der Waals surface area contributed by atoms with E-state index in [9.17, 15) is 24.4 Å². The lowest BCUT2D eigenvalue weighted by molar-refractivity contribution is -0.249. The molecule has 3 heterocycles. The highest BCUT2D eigenvalue weighted by molar-refractivity contribution is 6.39. The highest BCUT2D eigenvalue weighted by Crippen LogP contribution is 2.43. The minimum absolute atomic E-state index is 0.283. The molecule has 1 saturated heterocycles. The number of rotatable bonds is 2. The molecule has 0 atom stereocenters. The molecule has 38 heavy (non-hydrogen) atoms. The van der Waals surface area contributed by atoms with E-state index in [1.54, 1.807) is 36.4 Å². The van der Waals surface area contributed by atoms with Crippen molar-refractivity contribution in [2.24, 2.45) is 0 Å². The Hall–Kier alpha value is -3.88. The molecule has 3 aromatic carbocycles. The molecule has 4 amide bonds. The number of hydrogen-bond donors (Lipinski definition) is 1. The van der Waals surface area contributed by atoms with E-state index in [-0.39, 0.29) is 11.1 Å². The summed E-state index contributed by atoms with van der Waals surface area (Å²) < 4.78 is 0. The molecule has 0 aromatic heterocycles. The first-order chi connectivity index (χ1) is 17.8. The van der Waals surface area contributed by atoms with Crippen LogP contribution in [0.4, 0.5) is 5.69 Å². The zero-order valence-corrected chi connectivity index (χ0v) is 22.0. The fraction of sp³-hybridized carbons (Fsp3) is 0.333. The molecule has 194 valence electrons. The Morgan fingerprint density at radius 3 is 1.47 bits per heavy atom. The predicted molar refractivity (Wildman–Crippen MR) is 142 cm³/mol. The molecular formula is C30H29N3O5. The number of carbonyl (C=O) groups excluding carboxylic acids is 4. The second kappa shape index (κ2) is 7.82. The fourth-order valence-corrected chi connectivity index (χ4v) is 6.55. The van der Waals surface area contributed by atoms with Crippen molar-refractivity contribution in [3.8, 4) is 0 Å². The average Bonchev–Trinajstić information content (AvgIpc) is 2.85. The zero-order chi connectivity index (χ0) is 27.3. The summed E-state index contributed by atoms with van der Waals surface area (Å²) in [6.45, 7) is 9.46. The average molecular weight is 512 g/mol. The van der Waals surface area contributed by atoms with Gasteiger partial charge in [-0.1, -0.05) is 17.7 Å². The minimum Gasteiger partial charge on any atom is -0.313 e. The molecule has 0 aliphatic carbocycles. The summed E-state index contributed by atoms with van der Waals surface area (Å²) in [6, 6.07) is 13.0. The van der Waals surface area contributed by atoms with Crippen molar-refractivity contribution in [3.05, 3.63) is 76.3 Å². The zero-order valence-electron chi connectivity index (χ0n) is 22.0. The Labute approximate surface area is 220 Å². The smallest absolute Gasteiger partial charge is 0.265 e. The third-order valence-corrected chi connectivity index (χ3v) is 8.20. The molecule has 0 unspecified atom stereocenters. The van der Waals surface area contributed by atoms with Gasteiger partial charge in [-0.25, -0.2) is 4.90 Å². The summed E-state index contributed by atoms with van der Waals surface area (Å²) in [7, 11) is 0. The molecule has 0 saturated carbocycles. The monoisotopic (exact) mass is 511 g/mol. The largest absolute Gasteiger partial charge is 0.313 e. The molecule has 1 N–H and O–H groups in total. The predicted octanol–water partition coefficient (Wildman–Crippen LogP) is 4.96. The van der Waals surface area contributed by atoms with Gasteiger partial charge in [0.15, 0.2) is 0 Å². The van der Waals surface area contributed by atoms with Gasteiger partial charge in [0.05, 0.1) is 5.69 Å². The molecule has 3 aliphatic rings. The van der Waals surface area contributed by atoms with Crippen LogP contribution in [0, 0.1) is 6.92 Å². The maximum Gasteiger partial charge on any atom is 0.265 e. The highest BCUT2D eigenvalue weighted by Gasteiger charge is 2.50. The third-order valence-electron chi connectivity index (χ3n) is 8.20. The quantitative estimate of drug-likeness (QED) is 0.489. The van der Waals surface area contributed by atoms with Gasteiger partial charge in [0.1, 0.15) is 0 Å². The Balaban J connectivity index is 1.48. The number of benzene rings is 3. The van der Waals surface area contributed by atoms with Crippen molar-refractivity contribution >= 4 is 40.1 Å². The van der Waals surface area contributed by atoms with Gasteiger partial charge in [-0.05, 0) is 83.9 Å². The van der Waals surface area contributed by atoms with Gasteiger partial charge < -0.3 is 5.21 Å². The van der Waals surface area contributed by atoms with Crippen LogP contribution in [0.25, 0.3) is 10.8 Å². The van der Waals surface area contributed by atoms with E-state index >= 15 is 0 Å². The number of anilines is 1. The fourth-order valence-electron chi connectivity index (χ4n) is 6.55. The van der Waals surface area contributed by atoms with Crippen molar-refractivity contribution in [2.75, 3.05) is 4.90 Å². The second-order valence-corrected chi connectivity index (χ2v) is 11.8. The van der Waals surface area contributed by atoms with Crippen molar-refractivity contribution in [1.29, 1.82) is 0 Å². The highest BCUT2D eigenvalue weighted by atomic mass is 16.5. The molecule has 0 spiro atoms. The standard InChI is InChI=1S/C30H29N3O5/c1-16-6-8-17(9-7-16)31-25(34)19-10-12-21-24-22(13-11-20(23(19)24)26(31)35)28(37)32(27(21)36)18-14-29(2,3)33(38)30(4,5)15-18/h6-13,18,38H,14-15H2,1-5H3. The first-order valence-electron chi connectivity index (χ1n) is 12.8. The van der Waals surface area contributed by atoms with Gasteiger partial charge in [0.2, 0.25) is 0 Å². The lowest BCUT2D eigenvalue weighted by Gasteiger charge is -2.53. The molecule has 3 aromatic rings. The normalized spacial score (nSPS) is 21.0. The molecule has 3 aliphatic heterocycles. The van der Waals surface area contributed by atoms with Crippen LogP contribution in [0.3, 0.4) is 0 Å². The molecule has 8 heteroatoms. The van der Waals surface area contributed by atoms with Gasteiger partial charge >= 0.3 is 0 Å². The molecular weight excluding hydrogens is 482 g/mol. The summed E-state index contributed by atoms with van der Waals surface area (Å²) >= 11 is 0. The van der Waals surface area contributed by atoms with E-state index < -0.39 is 40.7 Å². The van der Waals surface area contributed by atoms with Crippen molar-refractivity contribution in [3.63, 3.8) is 0 Å². The van der Waals surface area contributed by atoms with Gasteiger partial charge in [-0.15, -0.1) is 0 Å². The van der Waals surface area contributed by atoms with Crippen LogP contribution < -0.4 is 4.90 Å². The van der Waals surface area contributed by atoms with Crippen molar-refractivity contribution < 1.29 is 24.4 Å². The Kier molecular flexibility index (Phi) is 5.03. The van der Waals surface area contributed by atoms with Gasteiger partial charge in [0, 0.05) is 50.1 Å². The topological polar surface area (TPSA) is 98.2 Å². The molecule has 6 rings (SSSR count). The lowest BCUT2D eigenvalue weighted by Crippen LogP contribution is -2.64. The molecule has 0 bridgehead atoms. The molecule has 1 fully saturated rings. The van der Waals surface area contributed by atoms with Gasteiger partial charge in [0.25, 0.3) is 23.6 Å². The van der Waals surface area contributed by atoms with Crippen molar-refractivity contribution in [2.45, 2.75) is 64.6 Å². The van der Waals surface area contributed by atoms with Crippen LogP contribution in [0.1, 0.15) is 87.5 Å². The Morgan fingerprint density at radius 1 is 0.658 bits per heavy atom. The summed E-state index contributed by atoms with van der Waals surface area (Å²) in [6.07, 6.45) is 0.809. The number of imide groups is 2. The SMILES string of the molecule is Cc1ccc(N2C(=O)c3ccc4c5c(ccc(c35)C2=O)C(=O)N(C2CC(C)(C)N(O)C(C)(C)C2)C4=O)cc1. The van der Waals surface area contributed by atoms with Crippen LogP contribution in [0.5, 0.6) is 0 Å². The molecule has 8 nitrogen and oxygen atoms in total. The summed E-state index contributed by atoms with van der Waals surface area (Å²) in [5.74, 6) is -1.88. The Morgan fingerprint density at radius 2 is 1.05 bits per heavy atom. The van der Waals surface area contributed by atoms with Crippen LogP contribution in [0.2, 0.25) is 0 Å². The first-order valence-corrected chi connectivity index (χ1v) is 12.8. The van der Waals surface area contributed by atoms with E-state index in [4.69, 9.17) is 0 Å². The maximum absolute atomic E-state index is 13.9. The number of hydroxylamine groups is 2. The number of nitrogens with zero attached hydrogens (tertiary/aromatic N) is 3. The van der Waals surface area contributed by atoms with Gasteiger partial charge in [-0.2, -0.15) is 5.06 Å². The van der Waals surface area contributed by atoms with Crippen LogP contribution in [-0.4, -0.2) is 55.9 Å². The van der Waals surface area contributed by atoms with E-state index in [0.717, 1.165) is 10.5 Å². The van der Waals surface area contributed by atoms with Crippen LogP contribution >= 0.6 is 0 Å². The first kappa shape index (κ1) is 24.5. The van der Waals surface area contributed by atoms with Crippen LogP contribution in [0.15, 0.2) is 48.5 Å². The van der Waals surface area contributed by atoms with E-state index in [0.29, 0.717) is 40.4 Å². The van der Waals surface area contributed by atoms with E-state index in [1.165, 1.54) is 9.96 Å². The summed E-state index contributed by atoms with van der Waals surface area (Å²) in [5, 5.41) is 12.8. The number of piperidine rings is 1. The minimum atomic E-state index is -0.657. The van der Waals surface area contributed by atoms with E-state index in [1.807, 2.05) is 46.8 Å². The summed E-state index contributed by atoms with van der Waals surface area (Å²) in [4.78, 5) is 57.3. The number of hydrogen-bond acceptors (Lipinski definition) is 6. The van der Waals surface area contributed by atoms with E-state index in [2.05, 4.69) is 0 Å². The molecule has 0 radical (unpaired) electrons. The van der Waals surface area contributed by atoms with Gasteiger partial charge in [-0.3, -0.25) is 24.1 Å². The Bertz CT molecular complexity index is 1500. The van der Waals surface area contributed by atoms with Crippen LogP contribution in [-0.2, 0) is 0 Å². The summed E-state index contributed by atoms with van der Waals surface area (Å²) in [5.41, 5.74) is 1.31. The lowest BCUT2D eigenvalue weighted by atomic mass is 9.77. The number of aryl methyl sites for hydroxylation is 1. The third kappa shape index (κ3) is 3.23. The van der Waals surface area contributed by atoms with Crippen molar-refractivity contribution in [1.82, 2.24) is 9.96 Å². The maximum atomic E-state index is 13.9. The second-order valence-electron chi connectivity index (χ2n) is 11.8. The number of amides is 4. The number of carbonyl (C=O) groups is 4.